The summed E-state index contributed by atoms with van der Waals surface area (Å²) in [5.74, 6) is -0.345. The molecule has 0 bridgehead atoms. The van der Waals surface area contributed by atoms with Crippen molar-refractivity contribution in [2.24, 2.45) is 0 Å². The van der Waals surface area contributed by atoms with Crippen molar-refractivity contribution in [3.8, 4) is 5.75 Å². The third-order valence-electron chi connectivity index (χ3n) is 6.52. The lowest BCUT2D eigenvalue weighted by atomic mass is 9.71. The summed E-state index contributed by atoms with van der Waals surface area (Å²) in [6.07, 6.45) is 1.32. The van der Waals surface area contributed by atoms with Crippen LogP contribution in [0.15, 0.2) is 60.0 Å². The molecule has 1 spiro atoms. The maximum absolute atomic E-state index is 12.7. The molecule has 0 radical (unpaired) electrons. The lowest BCUT2D eigenvalue weighted by Crippen LogP contribution is -2.33. The molecule has 9 heteroatoms. The van der Waals surface area contributed by atoms with Crippen LogP contribution in [0.3, 0.4) is 0 Å². The van der Waals surface area contributed by atoms with E-state index in [9.17, 15) is 18.0 Å². The summed E-state index contributed by atoms with van der Waals surface area (Å²) in [7, 11) is 0. The van der Waals surface area contributed by atoms with Gasteiger partial charge >= 0.3 is 12.4 Å². The molecule has 1 saturated carbocycles. The Morgan fingerprint density at radius 1 is 0.971 bits per heavy atom. The second-order valence-corrected chi connectivity index (χ2v) is 9.63. The molecule has 0 unspecified atom stereocenters. The highest BCUT2D eigenvalue weighted by Gasteiger charge is 2.44. The SMILES string of the molecule is O=C(Nc1ccc(OC(F)(F)F)cc1)Nc1ccsc1N1CC2(CCCCC2)c2ccccc21. The van der Waals surface area contributed by atoms with E-state index in [1.165, 1.54) is 55.5 Å². The molecule has 2 N–H and O–H groups in total. The van der Waals surface area contributed by atoms with Crippen LogP contribution in [-0.2, 0) is 5.41 Å². The van der Waals surface area contributed by atoms with E-state index in [1.54, 1.807) is 11.3 Å². The van der Waals surface area contributed by atoms with Gasteiger partial charge in [0.25, 0.3) is 0 Å². The van der Waals surface area contributed by atoms with Crippen molar-refractivity contribution in [2.45, 2.75) is 43.9 Å². The standard InChI is InChI=1S/C25H24F3N3O2S/c26-25(27,28)33-18-10-8-17(9-11-18)29-23(32)30-20-12-15-34-22(20)31-16-24(13-4-1-5-14-24)19-6-2-3-7-21(19)31/h2-3,6-12,15H,1,4-5,13-14,16H2,(H2,29,30,32). The Balaban J connectivity index is 1.31. The maximum Gasteiger partial charge on any atom is 0.573 e. The number of benzene rings is 2. The number of nitrogens with one attached hydrogen (secondary N) is 2. The molecule has 2 heterocycles. The van der Waals surface area contributed by atoms with Gasteiger partial charge in [-0.2, -0.15) is 0 Å². The molecule has 3 aromatic rings. The van der Waals surface area contributed by atoms with Crippen molar-refractivity contribution >= 4 is 39.4 Å². The summed E-state index contributed by atoms with van der Waals surface area (Å²) in [5.41, 5.74) is 3.78. The first kappa shape index (κ1) is 22.6. The quantitative estimate of drug-likeness (QED) is 0.398. The number of amides is 2. The average Bonchev–Trinajstić information content (AvgIpc) is 3.37. The first-order valence-corrected chi connectivity index (χ1v) is 12.1. The highest BCUT2D eigenvalue weighted by molar-refractivity contribution is 7.15. The Hall–Kier alpha value is -3.20. The van der Waals surface area contributed by atoms with E-state index in [-0.39, 0.29) is 11.2 Å². The monoisotopic (exact) mass is 487 g/mol. The number of urea groups is 1. The van der Waals surface area contributed by atoms with E-state index < -0.39 is 12.4 Å². The summed E-state index contributed by atoms with van der Waals surface area (Å²) in [6.45, 7) is 0.893. The Kier molecular flexibility index (Phi) is 5.89. The number of alkyl halides is 3. The number of halogens is 3. The molecule has 2 aliphatic rings. The van der Waals surface area contributed by atoms with Gasteiger partial charge in [0, 0.05) is 23.3 Å². The van der Waals surface area contributed by atoms with E-state index in [0.29, 0.717) is 11.4 Å². The minimum Gasteiger partial charge on any atom is -0.406 e. The van der Waals surface area contributed by atoms with E-state index >= 15 is 0 Å². The number of hydrogen-bond acceptors (Lipinski definition) is 4. The van der Waals surface area contributed by atoms with E-state index in [2.05, 4.69) is 38.5 Å². The zero-order valence-electron chi connectivity index (χ0n) is 18.3. The van der Waals surface area contributed by atoms with Crippen LogP contribution in [0.25, 0.3) is 0 Å². The number of para-hydroxylation sites is 1. The van der Waals surface area contributed by atoms with Crippen molar-refractivity contribution in [1.82, 2.24) is 0 Å². The third-order valence-corrected chi connectivity index (χ3v) is 7.46. The molecule has 1 aliphatic carbocycles. The van der Waals surface area contributed by atoms with Crippen LogP contribution in [-0.4, -0.2) is 18.9 Å². The maximum atomic E-state index is 12.7. The van der Waals surface area contributed by atoms with Crippen molar-refractivity contribution in [1.29, 1.82) is 0 Å². The molecular weight excluding hydrogens is 463 g/mol. The Morgan fingerprint density at radius 3 is 2.44 bits per heavy atom. The summed E-state index contributed by atoms with van der Waals surface area (Å²) < 4.78 is 40.9. The zero-order valence-corrected chi connectivity index (χ0v) is 19.1. The van der Waals surface area contributed by atoms with Crippen LogP contribution in [0.4, 0.5) is 40.0 Å². The third kappa shape index (κ3) is 4.57. The topological polar surface area (TPSA) is 53.6 Å². The molecule has 5 nitrogen and oxygen atoms in total. The Labute approximate surface area is 199 Å². The molecule has 1 aromatic heterocycles. The van der Waals surface area contributed by atoms with Crippen LogP contribution in [0, 0.1) is 0 Å². The number of ether oxygens (including phenoxy) is 1. The van der Waals surface area contributed by atoms with Gasteiger partial charge in [0.2, 0.25) is 0 Å². The van der Waals surface area contributed by atoms with Crippen LogP contribution in [0.1, 0.15) is 37.7 Å². The number of carbonyl (C=O) groups is 1. The fraction of sp³-hybridized carbons (Fsp3) is 0.320. The molecule has 1 aliphatic heterocycles. The minimum atomic E-state index is -4.76. The van der Waals surface area contributed by atoms with Crippen LogP contribution in [0.2, 0.25) is 0 Å². The number of thiophene rings is 1. The van der Waals surface area contributed by atoms with Gasteiger partial charge in [0.05, 0.1) is 5.69 Å². The van der Waals surface area contributed by atoms with Crippen LogP contribution >= 0.6 is 11.3 Å². The summed E-state index contributed by atoms with van der Waals surface area (Å²) >= 11 is 1.57. The van der Waals surface area contributed by atoms with Crippen LogP contribution in [0.5, 0.6) is 5.75 Å². The predicted octanol–water partition coefficient (Wildman–Crippen LogP) is 7.64. The van der Waals surface area contributed by atoms with Gasteiger partial charge in [0.15, 0.2) is 0 Å². The molecule has 178 valence electrons. The summed E-state index contributed by atoms with van der Waals surface area (Å²) in [6, 6.07) is 15.0. The molecule has 2 amide bonds. The largest absolute Gasteiger partial charge is 0.573 e. The molecule has 2 aromatic carbocycles. The fourth-order valence-corrected chi connectivity index (χ4v) is 5.97. The smallest absolute Gasteiger partial charge is 0.406 e. The number of nitrogens with zero attached hydrogens (tertiary/aromatic N) is 1. The van der Waals surface area contributed by atoms with Gasteiger partial charge in [0.1, 0.15) is 10.8 Å². The Morgan fingerprint density at radius 2 is 1.71 bits per heavy atom. The number of anilines is 4. The molecule has 5 rings (SSSR count). The number of fused-ring (bicyclic) bond motifs is 2. The van der Waals surface area contributed by atoms with Gasteiger partial charge < -0.3 is 20.3 Å². The zero-order chi connectivity index (χ0) is 23.8. The lowest BCUT2D eigenvalue weighted by molar-refractivity contribution is -0.274. The highest BCUT2D eigenvalue weighted by Crippen LogP contribution is 2.53. The lowest BCUT2D eigenvalue weighted by Gasteiger charge is -2.34. The van der Waals surface area contributed by atoms with Gasteiger partial charge in [-0.05, 0) is 60.2 Å². The average molecular weight is 488 g/mol. The van der Waals surface area contributed by atoms with Crippen molar-refractivity contribution in [2.75, 3.05) is 22.1 Å². The van der Waals surface area contributed by atoms with Gasteiger partial charge in [-0.15, -0.1) is 24.5 Å². The fourth-order valence-electron chi connectivity index (χ4n) is 5.10. The number of carbonyl (C=O) groups excluding carboxylic acids is 1. The van der Waals surface area contributed by atoms with Crippen molar-refractivity contribution < 1.29 is 22.7 Å². The first-order chi connectivity index (χ1) is 16.3. The summed E-state index contributed by atoms with van der Waals surface area (Å²) in [4.78, 5) is 15.0. The number of hydrogen-bond donors (Lipinski definition) is 2. The highest BCUT2D eigenvalue weighted by atomic mass is 32.1. The first-order valence-electron chi connectivity index (χ1n) is 11.2. The summed E-state index contributed by atoms with van der Waals surface area (Å²) in [5, 5.41) is 8.48. The van der Waals surface area contributed by atoms with Crippen molar-refractivity contribution in [3.05, 3.63) is 65.5 Å². The van der Waals surface area contributed by atoms with E-state index in [1.807, 2.05) is 17.5 Å². The van der Waals surface area contributed by atoms with Crippen molar-refractivity contribution in [3.63, 3.8) is 0 Å². The second-order valence-electron chi connectivity index (χ2n) is 8.74. The van der Waals surface area contributed by atoms with Gasteiger partial charge in [-0.1, -0.05) is 37.5 Å². The van der Waals surface area contributed by atoms with Crippen LogP contribution < -0.4 is 20.3 Å². The second kappa shape index (κ2) is 8.87. The van der Waals surface area contributed by atoms with Gasteiger partial charge in [-0.25, -0.2) is 4.79 Å². The van der Waals surface area contributed by atoms with E-state index in [0.717, 1.165) is 23.7 Å². The molecule has 0 saturated heterocycles. The minimum absolute atomic E-state index is 0.151. The molecule has 1 fully saturated rings. The molecule has 34 heavy (non-hydrogen) atoms. The van der Waals surface area contributed by atoms with Gasteiger partial charge in [-0.3, -0.25) is 0 Å². The number of rotatable bonds is 4. The molecule has 0 atom stereocenters. The molecular formula is C25H24F3N3O2S. The Bertz CT molecular complexity index is 1170. The van der Waals surface area contributed by atoms with E-state index in [4.69, 9.17) is 0 Å². The predicted molar refractivity (Wildman–Crippen MR) is 128 cm³/mol. The normalized spacial score (nSPS) is 16.9.